The van der Waals surface area contributed by atoms with Crippen LogP contribution in [0.15, 0.2) is 53.4 Å². The molecule has 1 fully saturated rings. The molecule has 3 rings (SSSR count). The first-order valence-corrected chi connectivity index (χ1v) is 11.8. The van der Waals surface area contributed by atoms with Crippen LogP contribution in [0.2, 0.25) is 5.02 Å². The zero-order chi connectivity index (χ0) is 20.9. The lowest BCUT2D eigenvalue weighted by atomic mass is 9.99. The lowest BCUT2D eigenvalue weighted by Crippen LogP contribution is -2.45. The maximum absolute atomic E-state index is 12.9. The fourth-order valence-electron chi connectivity index (χ4n) is 3.53. The summed E-state index contributed by atoms with van der Waals surface area (Å²) in [6.45, 7) is 3.30. The molecule has 0 bridgehead atoms. The van der Waals surface area contributed by atoms with Crippen molar-refractivity contribution in [2.24, 2.45) is 5.92 Å². The van der Waals surface area contributed by atoms with E-state index in [2.05, 4.69) is 36.5 Å². The molecule has 1 aliphatic heterocycles. The highest BCUT2D eigenvalue weighted by Crippen LogP contribution is 2.24. The first-order chi connectivity index (χ1) is 13.9. The number of carbonyl (C=O) groups is 1. The summed E-state index contributed by atoms with van der Waals surface area (Å²) in [4.78, 5) is 12.8. The number of nitrogens with zero attached hydrogens (tertiary/aromatic N) is 1. The third-order valence-corrected chi connectivity index (χ3v) is 7.40. The van der Waals surface area contributed by atoms with Crippen LogP contribution in [0.4, 0.5) is 0 Å². The fraction of sp³-hybridized carbons (Fsp3) is 0.409. The summed E-state index contributed by atoms with van der Waals surface area (Å²) in [6, 6.07) is 14.5. The van der Waals surface area contributed by atoms with Gasteiger partial charge in [0.25, 0.3) is 0 Å². The van der Waals surface area contributed by atoms with Gasteiger partial charge in [-0.15, -0.1) is 0 Å². The van der Waals surface area contributed by atoms with Crippen molar-refractivity contribution in [1.29, 1.82) is 0 Å². The Morgan fingerprint density at radius 3 is 2.52 bits per heavy atom. The molecular weight excluding hydrogens is 408 g/mol. The molecule has 156 valence electrons. The quantitative estimate of drug-likeness (QED) is 0.674. The number of rotatable bonds is 7. The molecule has 29 heavy (non-hydrogen) atoms. The van der Waals surface area contributed by atoms with Gasteiger partial charge in [0.05, 0.1) is 10.8 Å². The Morgan fingerprint density at radius 1 is 1.14 bits per heavy atom. The lowest BCUT2D eigenvalue weighted by molar-refractivity contribution is -0.126. The van der Waals surface area contributed by atoms with E-state index in [1.54, 1.807) is 12.1 Å². The molecule has 7 heteroatoms. The number of hydrogen-bond acceptors (Lipinski definition) is 3. The van der Waals surface area contributed by atoms with Gasteiger partial charge in [-0.2, -0.15) is 4.31 Å². The van der Waals surface area contributed by atoms with E-state index in [0.717, 1.165) is 12.8 Å². The maximum atomic E-state index is 12.9. The minimum absolute atomic E-state index is 0.0649. The Morgan fingerprint density at radius 2 is 1.83 bits per heavy atom. The van der Waals surface area contributed by atoms with Gasteiger partial charge >= 0.3 is 0 Å². The average Bonchev–Trinajstić information content (AvgIpc) is 2.73. The number of sulfonamides is 1. The third-order valence-electron chi connectivity index (χ3n) is 5.27. The van der Waals surface area contributed by atoms with Crippen molar-refractivity contribution in [2.75, 3.05) is 19.6 Å². The molecule has 2 aromatic carbocycles. The summed E-state index contributed by atoms with van der Waals surface area (Å²) in [5, 5.41) is 3.47. The van der Waals surface area contributed by atoms with Gasteiger partial charge in [0.15, 0.2) is 0 Å². The van der Waals surface area contributed by atoms with Crippen molar-refractivity contribution in [1.82, 2.24) is 9.62 Å². The number of hydrogen-bond donors (Lipinski definition) is 1. The van der Waals surface area contributed by atoms with Crippen LogP contribution in [-0.4, -0.2) is 38.3 Å². The van der Waals surface area contributed by atoms with Crippen LogP contribution in [0.5, 0.6) is 0 Å². The van der Waals surface area contributed by atoms with Crippen molar-refractivity contribution in [3.8, 4) is 0 Å². The molecule has 0 unspecified atom stereocenters. The Balaban J connectivity index is 1.51. The summed E-state index contributed by atoms with van der Waals surface area (Å²) >= 11 is 5.86. The molecule has 1 aliphatic rings. The zero-order valence-corrected chi connectivity index (χ0v) is 18.2. The van der Waals surface area contributed by atoms with Crippen LogP contribution in [0.1, 0.15) is 30.4 Å². The van der Waals surface area contributed by atoms with Crippen molar-refractivity contribution in [3.05, 3.63) is 64.7 Å². The minimum Gasteiger partial charge on any atom is -0.356 e. The van der Waals surface area contributed by atoms with Gasteiger partial charge in [-0.05, 0) is 62.4 Å². The second-order valence-corrected chi connectivity index (χ2v) is 9.91. The average molecular weight is 435 g/mol. The third kappa shape index (κ3) is 5.81. The van der Waals surface area contributed by atoms with E-state index in [-0.39, 0.29) is 23.3 Å². The van der Waals surface area contributed by atoms with Crippen LogP contribution < -0.4 is 5.32 Å². The fourth-order valence-corrected chi connectivity index (χ4v) is 5.18. The van der Waals surface area contributed by atoms with Crippen LogP contribution in [-0.2, 0) is 21.2 Å². The summed E-state index contributed by atoms with van der Waals surface area (Å²) in [5.74, 6) is -0.380. The topological polar surface area (TPSA) is 66.5 Å². The highest BCUT2D eigenvalue weighted by Gasteiger charge is 2.33. The van der Waals surface area contributed by atoms with Crippen molar-refractivity contribution in [3.63, 3.8) is 0 Å². The van der Waals surface area contributed by atoms with Gasteiger partial charge in [0.1, 0.15) is 0 Å². The van der Waals surface area contributed by atoms with E-state index in [1.165, 1.54) is 27.6 Å². The summed E-state index contributed by atoms with van der Waals surface area (Å²) < 4.78 is 27.1. The Bertz CT molecular complexity index is 928. The van der Waals surface area contributed by atoms with E-state index in [9.17, 15) is 13.2 Å². The number of carbonyl (C=O) groups excluding carboxylic acids is 1. The lowest BCUT2D eigenvalue weighted by Gasteiger charge is -2.31. The van der Waals surface area contributed by atoms with Gasteiger partial charge in [0, 0.05) is 24.7 Å². The first-order valence-electron chi connectivity index (χ1n) is 9.95. The summed E-state index contributed by atoms with van der Waals surface area (Å²) in [7, 11) is -3.62. The molecule has 0 spiro atoms. The minimum atomic E-state index is -3.62. The smallest absolute Gasteiger partial charge is 0.243 e. The molecule has 0 radical (unpaired) electrons. The summed E-state index contributed by atoms with van der Waals surface area (Å²) in [5.41, 5.74) is 2.49. The molecule has 0 aliphatic carbocycles. The Labute approximate surface area is 178 Å². The van der Waals surface area contributed by atoms with Crippen LogP contribution >= 0.6 is 11.6 Å². The van der Waals surface area contributed by atoms with Crippen molar-refractivity contribution < 1.29 is 13.2 Å². The van der Waals surface area contributed by atoms with Crippen molar-refractivity contribution >= 4 is 27.5 Å². The van der Waals surface area contributed by atoms with E-state index in [0.29, 0.717) is 31.0 Å². The molecule has 1 N–H and O–H groups in total. The molecule has 1 atom stereocenters. The second kappa shape index (κ2) is 9.74. The monoisotopic (exact) mass is 434 g/mol. The number of aryl methyl sites for hydroxylation is 2. The molecule has 1 heterocycles. The highest BCUT2D eigenvalue weighted by molar-refractivity contribution is 7.89. The molecule has 2 aromatic rings. The standard InChI is InChI=1S/C22H27ClN2O3S/c1-17-6-8-18(9-7-17)4-2-14-24-22(26)19-5-3-15-25(16-19)29(27,28)21-12-10-20(23)11-13-21/h6-13,19H,2-5,14-16H2,1H3,(H,24,26)/t19-/m1/s1. The number of piperidine rings is 1. The largest absolute Gasteiger partial charge is 0.356 e. The predicted octanol–water partition coefficient (Wildman–Crippen LogP) is 3.80. The van der Waals surface area contributed by atoms with Gasteiger partial charge in [-0.1, -0.05) is 41.4 Å². The van der Waals surface area contributed by atoms with Crippen molar-refractivity contribution in [2.45, 2.75) is 37.5 Å². The van der Waals surface area contributed by atoms with Gasteiger partial charge < -0.3 is 5.32 Å². The van der Waals surface area contributed by atoms with Gasteiger partial charge in [-0.3, -0.25) is 4.79 Å². The number of benzene rings is 2. The SMILES string of the molecule is Cc1ccc(CCCNC(=O)[C@@H]2CCCN(S(=O)(=O)c3ccc(Cl)cc3)C2)cc1. The number of amides is 1. The van der Waals surface area contributed by atoms with Crippen LogP contribution in [0.3, 0.4) is 0 Å². The maximum Gasteiger partial charge on any atom is 0.243 e. The molecule has 1 amide bonds. The molecule has 0 aromatic heterocycles. The predicted molar refractivity (Wildman–Crippen MR) is 115 cm³/mol. The Kier molecular flexibility index (Phi) is 7.33. The normalized spacial score (nSPS) is 17.8. The molecule has 1 saturated heterocycles. The second-order valence-electron chi connectivity index (χ2n) is 7.54. The van der Waals surface area contributed by atoms with E-state index in [1.807, 2.05) is 0 Å². The van der Waals surface area contributed by atoms with E-state index < -0.39 is 10.0 Å². The van der Waals surface area contributed by atoms with Crippen LogP contribution in [0, 0.1) is 12.8 Å². The first kappa shape index (κ1) is 21.8. The molecular formula is C22H27ClN2O3S. The summed E-state index contributed by atoms with van der Waals surface area (Å²) in [6.07, 6.45) is 3.14. The zero-order valence-electron chi connectivity index (χ0n) is 16.6. The molecule has 5 nitrogen and oxygen atoms in total. The Hall–Kier alpha value is -1.89. The van der Waals surface area contributed by atoms with Gasteiger partial charge in [-0.25, -0.2) is 8.42 Å². The van der Waals surface area contributed by atoms with Gasteiger partial charge in [0.2, 0.25) is 15.9 Å². The van der Waals surface area contributed by atoms with E-state index in [4.69, 9.17) is 11.6 Å². The van der Waals surface area contributed by atoms with E-state index >= 15 is 0 Å². The highest BCUT2D eigenvalue weighted by atomic mass is 35.5. The number of nitrogens with one attached hydrogen (secondary N) is 1. The number of halogens is 1. The van der Waals surface area contributed by atoms with Crippen LogP contribution in [0.25, 0.3) is 0 Å². The molecule has 0 saturated carbocycles.